The molecule has 5 nitrogen and oxygen atoms in total. The fraction of sp³-hybridized carbons (Fsp3) is 0.353. The number of rotatable bonds is 7. The third-order valence-corrected chi connectivity index (χ3v) is 3.27. The molecule has 2 rings (SSSR count). The number of ether oxygens (including phenoxy) is 1. The molecule has 2 aromatic rings. The van der Waals surface area contributed by atoms with Gasteiger partial charge in [-0.25, -0.2) is 4.39 Å². The van der Waals surface area contributed by atoms with Crippen LogP contribution in [0.15, 0.2) is 53.8 Å². The van der Waals surface area contributed by atoms with Crippen molar-refractivity contribution in [1.29, 1.82) is 0 Å². The number of halogens is 1. The zero-order valence-electron chi connectivity index (χ0n) is 13.5. The number of aliphatic imine (C=N–C) groups is 1. The van der Waals surface area contributed by atoms with Crippen LogP contribution in [0, 0.1) is 5.82 Å². The number of para-hydroxylation sites is 1. The van der Waals surface area contributed by atoms with Crippen LogP contribution in [0.1, 0.15) is 6.92 Å². The predicted octanol–water partition coefficient (Wildman–Crippen LogP) is 2.26. The highest BCUT2D eigenvalue weighted by Gasteiger charge is 2.08. The van der Waals surface area contributed by atoms with Crippen molar-refractivity contribution in [1.82, 2.24) is 15.2 Å². The maximum atomic E-state index is 13.5. The van der Waals surface area contributed by atoms with Gasteiger partial charge in [-0.15, -0.1) is 0 Å². The number of aromatic nitrogens is 1. The van der Waals surface area contributed by atoms with Crippen LogP contribution in [0.3, 0.4) is 0 Å². The Morgan fingerprint density at radius 1 is 1.22 bits per heavy atom. The largest absolute Gasteiger partial charge is 0.486 e. The zero-order chi connectivity index (χ0) is 16.5. The van der Waals surface area contributed by atoms with Crippen molar-refractivity contribution in [3.05, 3.63) is 54.6 Å². The standard InChI is InChI=1S/C17H23FN4O/c1-14(23-16-8-4-3-7-15(16)18)13-21-17(19-2)20-9-12-22-10-5-6-11-22/h3-8,10-11,14H,9,12-13H2,1-2H3,(H2,19,20,21). The van der Waals surface area contributed by atoms with Gasteiger partial charge in [0.25, 0.3) is 0 Å². The number of guanidine groups is 1. The fourth-order valence-electron chi connectivity index (χ4n) is 2.08. The second-order valence-corrected chi connectivity index (χ2v) is 5.16. The van der Waals surface area contributed by atoms with Gasteiger partial charge in [0.15, 0.2) is 17.5 Å². The quantitative estimate of drug-likeness (QED) is 0.608. The van der Waals surface area contributed by atoms with Crippen LogP contribution in [0.2, 0.25) is 0 Å². The van der Waals surface area contributed by atoms with Gasteiger partial charge in [0.1, 0.15) is 6.10 Å². The lowest BCUT2D eigenvalue weighted by Crippen LogP contribution is -2.42. The van der Waals surface area contributed by atoms with Gasteiger partial charge in [0.05, 0.1) is 6.54 Å². The molecule has 1 atom stereocenters. The Hall–Kier alpha value is -2.50. The Balaban J connectivity index is 1.71. The van der Waals surface area contributed by atoms with E-state index in [1.807, 2.05) is 31.5 Å². The van der Waals surface area contributed by atoms with E-state index >= 15 is 0 Å². The summed E-state index contributed by atoms with van der Waals surface area (Å²) in [5.41, 5.74) is 0. The van der Waals surface area contributed by atoms with Crippen LogP contribution < -0.4 is 15.4 Å². The van der Waals surface area contributed by atoms with Crippen LogP contribution >= 0.6 is 0 Å². The molecule has 0 aliphatic heterocycles. The molecule has 124 valence electrons. The summed E-state index contributed by atoms with van der Waals surface area (Å²) in [7, 11) is 1.72. The molecular formula is C17H23FN4O. The van der Waals surface area contributed by atoms with E-state index < -0.39 is 0 Å². The highest BCUT2D eigenvalue weighted by atomic mass is 19.1. The van der Waals surface area contributed by atoms with E-state index in [1.54, 1.807) is 25.2 Å². The number of nitrogens with zero attached hydrogens (tertiary/aromatic N) is 2. The molecule has 0 saturated carbocycles. The Labute approximate surface area is 136 Å². The molecular weight excluding hydrogens is 295 g/mol. The lowest BCUT2D eigenvalue weighted by Gasteiger charge is -2.18. The van der Waals surface area contributed by atoms with Crippen molar-refractivity contribution in [2.24, 2.45) is 4.99 Å². The average Bonchev–Trinajstić information content (AvgIpc) is 3.06. The summed E-state index contributed by atoms with van der Waals surface area (Å²) >= 11 is 0. The van der Waals surface area contributed by atoms with Crippen LogP contribution in [0.4, 0.5) is 4.39 Å². The second-order valence-electron chi connectivity index (χ2n) is 5.16. The van der Waals surface area contributed by atoms with E-state index in [0.29, 0.717) is 12.5 Å². The van der Waals surface area contributed by atoms with Crippen molar-refractivity contribution in [2.45, 2.75) is 19.6 Å². The summed E-state index contributed by atoms with van der Waals surface area (Å²) < 4.78 is 21.2. The minimum atomic E-state index is -0.353. The van der Waals surface area contributed by atoms with E-state index in [2.05, 4.69) is 20.2 Å². The summed E-state index contributed by atoms with van der Waals surface area (Å²) in [5, 5.41) is 6.40. The lowest BCUT2D eigenvalue weighted by molar-refractivity contribution is 0.214. The first-order chi connectivity index (χ1) is 11.2. The second kappa shape index (κ2) is 8.82. The van der Waals surface area contributed by atoms with Gasteiger partial charge in [0, 0.05) is 32.5 Å². The van der Waals surface area contributed by atoms with Crippen LogP contribution in [-0.4, -0.2) is 36.8 Å². The number of benzene rings is 1. The number of nitrogens with one attached hydrogen (secondary N) is 2. The normalized spacial score (nSPS) is 12.7. The molecule has 0 bridgehead atoms. The van der Waals surface area contributed by atoms with Gasteiger partial charge in [-0.3, -0.25) is 4.99 Å². The summed E-state index contributed by atoms with van der Waals surface area (Å²) in [6, 6.07) is 10.4. The molecule has 0 amide bonds. The first-order valence-corrected chi connectivity index (χ1v) is 7.65. The van der Waals surface area contributed by atoms with Crippen LogP contribution in [-0.2, 0) is 6.54 Å². The first-order valence-electron chi connectivity index (χ1n) is 7.65. The van der Waals surface area contributed by atoms with E-state index in [9.17, 15) is 4.39 Å². The summed E-state index contributed by atoms with van der Waals surface area (Å²) in [6.45, 7) is 4.02. The van der Waals surface area contributed by atoms with Crippen molar-refractivity contribution < 1.29 is 9.13 Å². The molecule has 0 aliphatic carbocycles. The lowest BCUT2D eigenvalue weighted by atomic mass is 10.3. The van der Waals surface area contributed by atoms with Crippen LogP contribution in [0.5, 0.6) is 5.75 Å². The van der Waals surface area contributed by atoms with E-state index in [0.717, 1.165) is 13.1 Å². The maximum Gasteiger partial charge on any atom is 0.191 e. The number of hydrogen-bond acceptors (Lipinski definition) is 2. The molecule has 0 radical (unpaired) electrons. The molecule has 1 heterocycles. The smallest absolute Gasteiger partial charge is 0.191 e. The Bertz CT molecular complexity index is 613. The molecule has 1 aromatic carbocycles. The van der Waals surface area contributed by atoms with Gasteiger partial charge in [0.2, 0.25) is 0 Å². The molecule has 1 unspecified atom stereocenters. The zero-order valence-corrected chi connectivity index (χ0v) is 13.5. The van der Waals surface area contributed by atoms with Gasteiger partial charge in [-0.05, 0) is 31.2 Å². The van der Waals surface area contributed by atoms with E-state index in [1.165, 1.54) is 6.07 Å². The first kappa shape index (κ1) is 16.9. The molecule has 1 aromatic heterocycles. The Kier molecular flexibility index (Phi) is 6.47. The van der Waals surface area contributed by atoms with Crippen molar-refractivity contribution >= 4 is 5.96 Å². The maximum absolute atomic E-state index is 13.5. The summed E-state index contributed by atoms with van der Waals surface area (Å²) in [6.07, 6.45) is 3.85. The number of hydrogen-bond donors (Lipinski definition) is 2. The molecule has 0 spiro atoms. The highest BCUT2D eigenvalue weighted by Crippen LogP contribution is 2.16. The molecule has 0 saturated heterocycles. The van der Waals surface area contributed by atoms with Gasteiger partial charge < -0.3 is 19.9 Å². The van der Waals surface area contributed by atoms with Crippen LogP contribution in [0.25, 0.3) is 0 Å². The minimum absolute atomic E-state index is 0.185. The molecule has 6 heteroatoms. The van der Waals surface area contributed by atoms with E-state index in [4.69, 9.17) is 4.74 Å². The van der Waals surface area contributed by atoms with E-state index in [-0.39, 0.29) is 17.7 Å². The third kappa shape index (κ3) is 5.65. The van der Waals surface area contributed by atoms with Crippen molar-refractivity contribution in [2.75, 3.05) is 20.1 Å². The molecule has 23 heavy (non-hydrogen) atoms. The minimum Gasteiger partial charge on any atom is -0.486 e. The predicted molar refractivity (Wildman–Crippen MR) is 90.3 cm³/mol. The van der Waals surface area contributed by atoms with Gasteiger partial charge in [-0.1, -0.05) is 12.1 Å². The van der Waals surface area contributed by atoms with Crippen molar-refractivity contribution in [3.8, 4) is 5.75 Å². The van der Waals surface area contributed by atoms with Crippen molar-refractivity contribution in [3.63, 3.8) is 0 Å². The monoisotopic (exact) mass is 318 g/mol. The highest BCUT2D eigenvalue weighted by molar-refractivity contribution is 5.79. The molecule has 0 fully saturated rings. The summed E-state index contributed by atoms with van der Waals surface area (Å²) in [5.74, 6) is 0.604. The molecule has 0 aliphatic rings. The average molecular weight is 318 g/mol. The fourth-order valence-corrected chi connectivity index (χ4v) is 2.08. The SMILES string of the molecule is CN=C(NCCn1cccc1)NCC(C)Oc1ccccc1F. The van der Waals surface area contributed by atoms with Gasteiger partial charge in [-0.2, -0.15) is 0 Å². The summed E-state index contributed by atoms with van der Waals surface area (Å²) in [4.78, 5) is 4.16. The Morgan fingerprint density at radius 2 is 1.96 bits per heavy atom. The van der Waals surface area contributed by atoms with Gasteiger partial charge >= 0.3 is 0 Å². The molecule has 2 N–H and O–H groups in total. The third-order valence-electron chi connectivity index (χ3n) is 3.27. The topological polar surface area (TPSA) is 50.6 Å². The Morgan fingerprint density at radius 3 is 2.65 bits per heavy atom.